The second kappa shape index (κ2) is 6.20. The zero-order valence-electron chi connectivity index (χ0n) is 13.2. The molecule has 2 unspecified atom stereocenters. The molecule has 2 aliphatic heterocycles. The molecule has 0 saturated carbocycles. The zero-order chi connectivity index (χ0) is 14.9. The second-order valence-electron chi connectivity index (χ2n) is 6.41. The van der Waals surface area contributed by atoms with Crippen molar-refractivity contribution in [2.45, 2.75) is 44.7 Å². The molecule has 2 saturated heterocycles. The van der Waals surface area contributed by atoms with Crippen molar-refractivity contribution in [2.24, 2.45) is 0 Å². The van der Waals surface area contributed by atoms with Gasteiger partial charge in [0.25, 0.3) is 0 Å². The molecule has 2 fully saturated rings. The normalized spacial score (nSPS) is 26.2. The first-order chi connectivity index (χ1) is 10.9. The quantitative estimate of drug-likeness (QED) is 0.868. The van der Waals surface area contributed by atoms with Crippen LogP contribution < -0.4 is 0 Å². The van der Waals surface area contributed by atoms with Crippen molar-refractivity contribution in [3.8, 4) is 0 Å². The van der Waals surface area contributed by atoms with Crippen molar-refractivity contribution in [3.63, 3.8) is 0 Å². The van der Waals surface area contributed by atoms with Gasteiger partial charge >= 0.3 is 0 Å². The minimum atomic E-state index is 0.607. The van der Waals surface area contributed by atoms with Gasteiger partial charge in [-0.1, -0.05) is 6.92 Å². The van der Waals surface area contributed by atoms with Gasteiger partial charge in [0.2, 0.25) is 0 Å². The monoisotopic (exact) mass is 316 g/mol. The number of pyridine rings is 1. The largest absolute Gasteiger partial charge is 0.311 e. The molecule has 4 heterocycles. The Morgan fingerprint density at radius 2 is 2.32 bits per heavy atom. The van der Waals surface area contributed by atoms with E-state index in [1.54, 1.807) is 0 Å². The van der Waals surface area contributed by atoms with Crippen LogP contribution in [0.3, 0.4) is 0 Å². The zero-order valence-corrected chi connectivity index (χ0v) is 14.1. The number of nitrogens with zero attached hydrogens (tertiary/aromatic N) is 4. The SMILES string of the molecule is CCN1CCCC1Cn1c(C2CCSC2)nc2cccnc21. The van der Waals surface area contributed by atoms with Gasteiger partial charge in [0.1, 0.15) is 11.3 Å². The molecule has 2 aromatic rings. The summed E-state index contributed by atoms with van der Waals surface area (Å²) in [5.74, 6) is 4.37. The van der Waals surface area contributed by atoms with Gasteiger partial charge < -0.3 is 4.57 Å². The standard InChI is InChI=1S/C17H24N4S/c1-2-20-9-4-5-14(20)11-21-16(13-7-10-22-12-13)19-15-6-3-8-18-17(15)21/h3,6,8,13-14H,2,4-5,7,9-12H2,1H3. The summed E-state index contributed by atoms with van der Waals surface area (Å²) < 4.78 is 2.44. The van der Waals surface area contributed by atoms with Crippen molar-refractivity contribution < 1.29 is 0 Å². The highest BCUT2D eigenvalue weighted by Gasteiger charge is 2.28. The first-order valence-corrected chi connectivity index (χ1v) is 9.65. The van der Waals surface area contributed by atoms with Crippen LogP contribution in [0.5, 0.6) is 0 Å². The Kier molecular flexibility index (Phi) is 4.09. The summed E-state index contributed by atoms with van der Waals surface area (Å²) in [6.07, 6.45) is 5.79. The number of imidazole rings is 1. The van der Waals surface area contributed by atoms with Gasteiger partial charge in [-0.15, -0.1) is 0 Å². The molecule has 0 spiro atoms. The molecule has 0 bridgehead atoms. The van der Waals surface area contributed by atoms with E-state index in [0.717, 1.165) is 24.3 Å². The molecule has 0 amide bonds. The van der Waals surface area contributed by atoms with E-state index in [1.165, 1.54) is 43.1 Å². The molecule has 118 valence electrons. The van der Waals surface area contributed by atoms with Gasteiger partial charge in [-0.2, -0.15) is 11.8 Å². The number of fused-ring (bicyclic) bond motifs is 1. The predicted octanol–water partition coefficient (Wildman–Crippen LogP) is 3.14. The number of likely N-dealkylation sites (tertiary alicyclic amines) is 1. The Morgan fingerprint density at radius 1 is 1.36 bits per heavy atom. The topological polar surface area (TPSA) is 34.0 Å². The number of aromatic nitrogens is 3. The van der Waals surface area contributed by atoms with Gasteiger partial charge in [-0.05, 0) is 50.2 Å². The average Bonchev–Trinajstić information content (AvgIpc) is 3.27. The van der Waals surface area contributed by atoms with Crippen LogP contribution in [0, 0.1) is 0 Å². The number of hydrogen-bond donors (Lipinski definition) is 0. The van der Waals surface area contributed by atoms with E-state index in [2.05, 4.69) is 39.2 Å². The molecule has 5 heteroatoms. The lowest BCUT2D eigenvalue weighted by atomic mass is 10.1. The number of likely N-dealkylation sites (N-methyl/N-ethyl adjacent to an activating group) is 1. The predicted molar refractivity (Wildman–Crippen MR) is 92.5 cm³/mol. The Hall–Kier alpha value is -1.07. The highest BCUT2D eigenvalue weighted by molar-refractivity contribution is 7.99. The molecule has 0 N–H and O–H groups in total. The fraction of sp³-hybridized carbons (Fsp3) is 0.647. The smallest absolute Gasteiger partial charge is 0.160 e. The molecule has 2 aromatic heterocycles. The molecule has 4 rings (SSSR count). The fourth-order valence-electron chi connectivity index (χ4n) is 3.93. The van der Waals surface area contributed by atoms with Crippen LogP contribution in [0.15, 0.2) is 18.3 Å². The highest BCUT2D eigenvalue weighted by Crippen LogP contribution is 2.34. The third-order valence-corrected chi connectivity index (χ3v) is 6.29. The maximum atomic E-state index is 4.96. The molecular weight excluding hydrogens is 292 g/mol. The Labute approximate surface area is 136 Å². The summed E-state index contributed by atoms with van der Waals surface area (Å²) in [4.78, 5) is 12.2. The molecule has 0 aromatic carbocycles. The van der Waals surface area contributed by atoms with Crippen molar-refractivity contribution in [3.05, 3.63) is 24.2 Å². The molecule has 0 radical (unpaired) electrons. The average molecular weight is 316 g/mol. The third kappa shape index (κ3) is 2.54. The van der Waals surface area contributed by atoms with Gasteiger partial charge in [-0.25, -0.2) is 9.97 Å². The van der Waals surface area contributed by atoms with Crippen LogP contribution >= 0.6 is 11.8 Å². The maximum absolute atomic E-state index is 4.96. The first kappa shape index (κ1) is 14.5. The number of thioether (sulfide) groups is 1. The van der Waals surface area contributed by atoms with E-state index in [0.29, 0.717) is 12.0 Å². The molecule has 0 aliphatic carbocycles. The first-order valence-electron chi connectivity index (χ1n) is 8.49. The number of rotatable bonds is 4. The summed E-state index contributed by atoms with van der Waals surface area (Å²) >= 11 is 2.06. The summed E-state index contributed by atoms with van der Waals surface area (Å²) in [6, 6.07) is 4.76. The van der Waals surface area contributed by atoms with Crippen LogP contribution in [0.1, 0.15) is 37.9 Å². The van der Waals surface area contributed by atoms with Crippen molar-refractivity contribution in [1.82, 2.24) is 19.4 Å². The molecule has 4 nitrogen and oxygen atoms in total. The van der Waals surface area contributed by atoms with Crippen molar-refractivity contribution in [2.75, 3.05) is 24.6 Å². The van der Waals surface area contributed by atoms with Gasteiger partial charge in [-0.3, -0.25) is 4.90 Å². The van der Waals surface area contributed by atoms with E-state index in [9.17, 15) is 0 Å². The summed E-state index contributed by atoms with van der Waals surface area (Å²) in [6.45, 7) is 5.73. The summed E-state index contributed by atoms with van der Waals surface area (Å²) in [5, 5.41) is 0. The summed E-state index contributed by atoms with van der Waals surface area (Å²) in [5.41, 5.74) is 2.15. The molecule has 2 atom stereocenters. The van der Waals surface area contributed by atoms with Crippen LogP contribution in [0.2, 0.25) is 0 Å². The van der Waals surface area contributed by atoms with Crippen molar-refractivity contribution in [1.29, 1.82) is 0 Å². The van der Waals surface area contributed by atoms with Crippen LogP contribution in [0.25, 0.3) is 11.2 Å². The lowest BCUT2D eigenvalue weighted by Crippen LogP contribution is -2.33. The lowest BCUT2D eigenvalue weighted by molar-refractivity contribution is 0.243. The van der Waals surface area contributed by atoms with E-state index in [1.807, 2.05) is 12.3 Å². The van der Waals surface area contributed by atoms with Crippen LogP contribution in [-0.2, 0) is 6.54 Å². The molecule has 22 heavy (non-hydrogen) atoms. The van der Waals surface area contributed by atoms with Crippen LogP contribution in [-0.4, -0.2) is 50.1 Å². The Balaban J connectivity index is 1.72. The van der Waals surface area contributed by atoms with Gasteiger partial charge in [0, 0.05) is 30.5 Å². The Bertz CT molecular complexity index is 647. The fourth-order valence-corrected chi connectivity index (χ4v) is 5.15. The molecular formula is C17H24N4S. The Morgan fingerprint density at radius 3 is 3.14 bits per heavy atom. The third-order valence-electron chi connectivity index (χ3n) is 5.13. The molecule has 2 aliphatic rings. The summed E-state index contributed by atoms with van der Waals surface area (Å²) in [7, 11) is 0. The highest BCUT2D eigenvalue weighted by atomic mass is 32.2. The minimum absolute atomic E-state index is 0.607. The van der Waals surface area contributed by atoms with E-state index in [-0.39, 0.29) is 0 Å². The van der Waals surface area contributed by atoms with Gasteiger partial charge in [0.15, 0.2) is 5.65 Å². The number of hydrogen-bond acceptors (Lipinski definition) is 4. The van der Waals surface area contributed by atoms with Crippen molar-refractivity contribution >= 4 is 22.9 Å². The minimum Gasteiger partial charge on any atom is -0.311 e. The van der Waals surface area contributed by atoms with Crippen LogP contribution in [0.4, 0.5) is 0 Å². The van der Waals surface area contributed by atoms with E-state index in [4.69, 9.17) is 4.98 Å². The lowest BCUT2D eigenvalue weighted by Gasteiger charge is -2.24. The van der Waals surface area contributed by atoms with E-state index < -0.39 is 0 Å². The maximum Gasteiger partial charge on any atom is 0.160 e. The van der Waals surface area contributed by atoms with E-state index >= 15 is 0 Å². The van der Waals surface area contributed by atoms with Gasteiger partial charge in [0.05, 0.1) is 0 Å². The second-order valence-corrected chi connectivity index (χ2v) is 7.56.